The van der Waals surface area contributed by atoms with Crippen LogP contribution in [-0.2, 0) is 14.3 Å². The van der Waals surface area contributed by atoms with Crippen molar-refractivity contribution in [2.24, 2.45) is 4.99 Å². The lowest BCUT2D eigenvalue weighted by molar-refractivity contribution is -0.178. The second kappa shape index (κ2) is 12.2. The molecule has 0 saturated heterocycles. The van der Waals surface area contributed by atoms with Gasteiger partial charge < -0.3 is 19.3 Å². The molecule has 2 atom stereocenters. The third-order valence-electron chi connectivity index (χ3n) is 7.12. The molecule has 3 heterocycles. The second-order valence-corrected chi connectivity index (χ2v) is 13.0. The Balaban J connectivity index is 1.46. The number of aryl methyl sites for hydroxylation is 2. The van der Waals surface area contributed by atoms with Crippen molar-refractivity contribution in [3.63, 3.8) is 0 Å². The Hall–Kier alpha value is -3.57. The van der Waals surface area contributed by atoms with Gasteiger partial charge in [-0.3, -0.25) is 14.4 Å². The number of carbonyl (C=O) groups excluding carboxylic acids is 1. The molecule has 2 aromatic heterocycles. The molecule has 1 N–H and O–H groups in total. The summed E-state index contributed by atoms with van der Waals surface area (Å²) in [4.78, 5) is 18.7. The summed E-state index contributed by atoms with van der Waals surface area (Å²) < 4.78 is 18.2. The zero-order chi connectivity index (χ0) is 31.1. The Morgan fingerprint density at radius 2 is 1.79 bits per heavy atom. The van der Waals surface area contributed by atoms with Crippen LogP contribution in [0, 0.1) is 20.8 Å². The van der Waals surface area contributed by atoms with E-state index >= 15 is 0 Å². The highest BCUT2D eigenvalue weighted by molar-refractivity contribution is 7.15. The maximum atomic E-state index is 12.4. The number of aliphatic hydroxyl groups excluding tert-OH is 1. The van der Waals surface area contributed by atoms with Crippen LogP contribution in [0.1, 0.15) is 66.5 Å². The summed E-state index contributed by atoms with van der Waals surface area (Å²) >= 11 is 8.33. The first-order valence-corrected chi connectivity index (χ1v) is 15.1. The Morgan fingerprint density at radius 1 is 1.09 bits per heavy atom. The van der Waals surface area contributed by atoms with Crippen LogP contribution in [0.5, 0.6) is 5.75 Å². The zero-order valence-electron chi connectivity index (χ0n) is 25.3. The van der Waals surface area contributed by atoms with E-state index < -0.39 is 17.9 Å². The molecule has 0 amide bonds. The van der Waals surface area contributed by atoms with E-state index in [-0.39, 0.29) is 19.0 Å². The van der Waals surface area contributed by atoms with E-state index in [4.69, 9.17) is 30.8 Å². The maximum Gasteiger partial charge on any atom is 0.308 e. The summed E-state index contributed by atoms with van der Waals surface area (Å²) in [6.45, 7) is 11.7. The summed E-state index contributed by atoms with van der Waals surface area (Å²) in [5.74, 6) is 1.51. The number of fused-ring (bicyclic) bond motifs is 3. The Kier molecular flexibility index (Phi) is 8.76. The van der Waals surface area contributed by atoms with Crippen LogP contribution in [0.25, 0.3) is 16.1 Å². The number of esters is 1. The second-order valence-electron chi connectivity index (χ2n) is 11.4. The molecule has 0 radical (unpaired) electrons. The molecule has 1 aliphatic rings. The molecular weight excluding hydrogens is 588 g/mol. The van der Waals surface area contributed by atoms with E-state index in [2.05, 4.69) is 24.0 Å². The van der Waals surface area contributed by atoms with Gasteiger partial charge in [-0.25, -0.2) is 0 Å². The standard InChI is InChI=1S/C32H35ClN4O5S/c1-17-18(2)43-31-28(17)29(34-25(15-26(38)40-7)30-36-35-19(3)37(30)31)21-10-8-20(9-11-21)23-13-12-22(14-24(23)33)41-16-27(39)42-32(4,5)6/h8-14,25,27,39H,15-16H2,1-7H3/t25-,27?/m0/s1. The van der Waals surface area contributed by atoms with Crippen molar-refractivity contribution in [1.82, 2.24) is 14.8 Å². The number of halogens is 1. The van der Waals surface area contributed by atoms with Gasteiger partial charge in [-0.2, -0.15) is 0 Å². The third kappa shape index (κ3) is 6.52. The van der Waals surface area contributed by atoms with E-state index in [0.717, 1.165) is 44.4 Å². The molecule has 0 saturated carbocycles. The van der Waals surface area contributed by atoms with Gasteiger partial charge in [-0.05, 0) is 70.9 Å². The molecule has 226 valence electrons. The topological polar surface area (TPSA) is 108 Å². The van der Waals surface area contributed by atoms with E-state index in [1.54, 1.807) is 17.4 Å². The number of benzene rings is 2. The SMILES string of the molecule is COC(=O)C[C@@H]1N=C(c2ccc(-c3ccc(OCC(O)OC(C)(C)C)cc3Cl)cc2)c2c(sc(C)c2C)-n2c(C)nnc21. The largest absolute Gasteiger partial charge is 0.488 e. The Morgan fingerprint density at radius 3 is 2.44 bits per heavy atom. The molecule has 9 nitrogen and oxygen atoms in total. The van der Waals surface area contributed by atoms with Gasteiger partial charge in [0.15, 0.2) is 12.1 Å². The van der Waals surface area contributed by atoms with Gasteiger partial charge in [-0.1, -0.05) is 35.9 Å². The summed E-state index contributed by atoms with van der Waals surface area (Å²) in [7, 11) is 1.37. The highest BCUT2D eigenvalue weighted by Crippen LogP contribution is 2.40. The average Bonchev–Trinajstić information content (AvgIpc) is 3.43. The zero-order valence-corrected chi connectivity index (χ0v) is 26.8. The van der Waals surface area contributed by atoms with E-state index in [0.29, 0.717) is 16.6 Å². The average molecular weight is 623 g/mol. The Labute approximate surface area is 260 Å². The van der Waals surface area contributed by atoms with Crippen LogP contribution in [0.3, 0.4) is 0 Å². The first kappa shape index (κ1) is 30.9. The number of thiophene rings is 1. The van der Waals surface area contributed by atoms with Gasteiger partial charge in [0.1, 0.15) is 29.2 Å². The lowest BCUT2D eigenvalue weighted by Crippen LogP contribution is -2.31. The predicted molar refractivity (Wildman–Crippen MR) is 168 cm³/mol. The van der Waals surface area contributed by atoms with Crippen LogP contribution in [-0.4, -0.2) is 57.2 Å². The van der Waals surface area contributed by atoms with Gasteiger partial charge in [0.25, 0.3) is 0 Å². The number of aliphatic imine (C=N–C) groups is 1. The van der Waals surface area contributed by atoms with Crippen molar-refractivity contribution in [1.29, 1.82) is 0 Å². The first-order chi connectivity index (χ1) is 20.4. The first-order valence-electron chi connectivity index (χ1n) is 13.9. The Bertz CT molecular complexity index is 1690. The van der Waals surface area contributed by atoms with Crippen molar-refractivity contribution in [3.8, 4) is 21.9 Å². The highest BCUT2D eigenvalue weighted by Gasteiger charge is 2.32. The van der Waals surface area contributed by atoms with E-state index in [1.165, 1.54) is 12.0 Å². The van der Waals surface area contributed by atoms with Crippen LogP contribution in [0.2, 0.25) is 5.02 Å². The van der Waals surface area contributed by atoms with Gasteiger partial charge in [0.2, 0.25) is 0 Å². The van der Waals surface area contributed by atoms with Crippen LogP contribution < -0.4 is 4.74 Å². The smallest absolute Gasteiger partial charge is 0.308 e. The van der Waals surface area contributed by atoms with Gasteiger partial charge in [0, 0.05) is 21.6 Å². The number of ether oxygens (including phenoxy) is 3. The van der Waals surface area contributed by atoms with Crippen molar-refractivity contribution in [2.45, 2.75) is 65.9 Å². The summed E-state index contributed by atoms with van der Waals surface area (Å²) in [5, 5.41) is 20.3. The lowest BCUT2D eigenvalue weighted by atomic mass is 9.97. The van der Waals surface area contributed by atoms with E-state index in [1.807, 2.05) is 68.7 Å². The van der Waals surface area contributed by atoms with Crippen LogP contribution in [0.4, 0.5) is 0 Å². The molecule has 0 fully saturated rings. The fourth-order valence-electron chi connectivity index (χ4n) is 5.00. The van der Waals surface area contributed by atoms with Crippen LogP contribution in [0.15, 0.2) is 47.5 Å². The molecule has 1 unspecified atom stereocenters. The number of nitrogens with zero attached hydrogens (tertiary/aromatic N) is 4. The molecule has 5 rings (SSSR count). The normalized spacial score (nSPS) is 15.3. The summed E-state index contributed by atoms with van der Waals surface area (Å²) in [6, 6.07) is 12.9. The molecule has 11 heteroatoms. The molecule has 4 aromatic rings. The van der Waals surface area contributed by atoms with E-state index in [9.17, 15) is 9.90 Å². The molecule has 1 aliphatic heterocycles. The molecular formula is C32H35ClN4O5S. The number of methoxy groups -OCH3 is 1. The van der Waals surface area contributed by atoms with Crippen molar-refractivity contribution >= 4 is 34.6 Å². The lowest BCUT2D eigenvalue weighted by Gasteiger charge is -2.24. The predicted octanol–water partition coefficient (Wildman–Crippen LogP) is 6.54. The number of hydrogen-bond acceptors (Lipinski definition) is 9. The minimum atomic E-state index is -1.05. The minimum absolute atomic E-state index is 0.0145. The van der Waals surface area contributed by atoms with Crippen molar-refractivity contribution < 1.29 is 24.1 Å². The van der Waals surface area contributed by atoms with Crippen molar-refractivity contribution in [2.75, 3.05) is 13.7 Å². The fourth-order valence-corrected chi connectivity index (χ4v) is 6.50. The molecule has 2 aromatic carbocycles. The molecule has 0 spiro atoms. The number of rotatable bonds is 8. The number of hydrogen-bond donors (Lipinski definition) is 1. The quantitative estimate of drug-likeness (QED) is 0.176. The number of carbonyl (C=O) groups is 1. The molecule has 43 heavy (non-hydrogen) atoms. The van der Waals surface area contributed by atoms with Gasteiger partial charge in [-0.15, -0.1) is 21.5 Å². The number of aliphatic hydroxyl groups is 1. The van der Waals surface area contributed by atoms with Gasteiger partial charge in [0.05, 0.1) is 29.9 Å². The summed E-state index contributed by atoms with van der Waals surface area (Å²) in [6.07, 6.45) is -1.01. The molecule has 0 bridgehead atoms. The van der Waals surface area contributed by atoms with Crippen molar-refractivity contribution in [3.05, 3.63) is 80.7 Å². The summed E-state index contributed by atoms with van der Waals surface area (Å²) in [5.41, 5.74) is 5.09. The minimum Gasteiger partial charge on any atom is -0.488 e. The highest BCUT2D eigenvalue weighted by atomic mass is 35.5. The third-order valence-corrected chi connectivity index (χ3v) is 8.62. The van der Waals surface area contributed by atoms with Crippen LogP contribution >= 0.6 is 22.9 Å². The fraction of sp³-hybridized carbons (Fsp3) is 0.375. The van der Waals surface area contributed by atoms with Gasteiger partial charge >= 0.3 is 5.97 Å². The molecule has 0 aliphatic carbocycles. The monoisotopic (exact) mass is 622 g/mol. The number of aromatic nitrogens is 3. The maximum absolute atomic E-state index is 12.4.